The molecule has 1 fully saturated rings. The zero-order valence-electron chi connectivity index (χ0n) is 16.8. The molecule has 0 aromatic heterocycles. The van der Waals surface area contributed by atoms with Gasteiger partial charge in [0.25, 0.3) is 0 Å². The summed E-state index contributed by atoms with van der Waals surface area (Å²) in [7, 11) is 0. The SMILES string of the molecule is N#CC1C(=N)C(C#N)(C#N)C2=CCN(Cc3ccccc3)CC2C1c1cccc(F)c1. The summed E-state index contributed by atoms with van der Waals surface area (Å²) in [5, 5.41) is 38.4. The Morgan fingerprint density at radius 2 is 1.81 bits per heavy atom. The molecule has 2 aromatic carbocycles. The van der Waals surface area contributed by atoms with Crippen LogP contribution >= 0.6 is 0 Å². The Morgan fingerprint density at radius 3 is 2.45 bits per heavy atom. The van der Waals surface area contributed by atoms with E-state index in [2.05, 4.69) is 11.0 Å². The van der Waals surface area contributed by atoms with Crippen molar-refractivity contribution in [2.75, 3.05) is 13.1 Å². The van der Waals surface area contributed by atoms with E-state index in [4.69, 9.17) is 5.41 Å². The van der Waals surface area contributed by atoms with Crippen LogP contribution in [0.3, 0.4) is 0 Å². The first-order valence-electron chi connectivity index (χ1n) is 10.1. The largest absolute Gasteiger partial charge is 0.305 e. The number of nitrogens with zero attached hydrogens (tertiary/aromatic N) is 4. The zero-order chi connectivity index (χ0) is 22.0. The van der Waals surface area contributed by atoms with Gasteiger partial charge in [0, 0.05) is 31.5 Å². The molecule has 0 amide bonds. The summed E-state index contributed by atoms with van der Waals surface area (Å²) in [6.45, 7) is 1.72. The van der Waals surface area contributed by atoms with Gasteiger partial charge in [-0.25, -0.2) is 4.39 Å². The number of rotatable bonds is 3. The summed E-state index contributed by atoms with van der Waals surface area (Å²) in [5.41, 5.74) is 0.334. The van der Waals surface area contributed by atoms with Crippen LogP contribution in [0.4, 0.5) is 4.39 Å². The number of benzene rings is 2. The first-order chi connectivity index (χ1) is 15.0. The van der Waals surface area contributed by atoms with Gasteiger partial charge >= 0.3 is 0 Å². The van der Waals surface area contributed by atoms with E-state index in [1.807, 2.05) is 48.5 Å². The monoisotopic (exact) mass is 409 g/mol. The van der Waals surface area contributed by atoms with Gasteiger partial charge < -0.3 is 5.41 Å². The molecule has 0 radical (unpaired) electrons. The maximum atomic E-state index is 14.1. The predicted molar refractivity (Wildman–Crippen MR) is 113 cm³/mol. The van der Waals surface area contributed by atoms with Gasteiger partial charge in [-0.15, -0.1) is 0 Å². The van der Waals surface area contributed by atoms with Crippen LogP contribution < -0.4 is 0 Å². The number of hydrogen-bond donors (Lipinski definition) is 1. The quantitative estimate of drug-likeness (QED) is 0.769. The summed E-state index contributed by atoms with van der Waals surface area (Å²) in [4.78, 5) is 2.19. The van der Waals surface area contributed by atoms with Crippen molar-refractivity contribution in [3.05, 3.63) is 83.2 Å². The maximum Gasteiger partial charge on any atom is 0.203 e. The van der Waals surface area contributed by atoms with E-state index in [1.54, 1.807) is 12.1 Å². The standard InChI is InChI=1S/C25H20FN5/c26-19-8-4-7-18(11-19)23-20(12-27)24(30)25(15-28,16-29)22-9-10-31(14-21(22)23)13-17-5-2-1-3-6-17/h1-9,11,20-21,23,30H,10,13-14H2. The molecule has 1 N–H and O–H groups in total. The van der Waals surface area contributed by atoms with Crippen molar-refractivity contribution in [3.63, 3.8) is 0 Å². The topological polar surface area (TPSA) is 98.5 Å². The molecule has 152 valence electrons. The Labute approximate surface area is 180 Å². The minimum Gasteiger partial charge on any atom is -0.305 e. The molecule has 1 saturated carbocycles. The highest BCUT2D eigenvalue weighted by atomic mass is 19.1. The molecule has 31 heavy (non-hydrogen) atoms. The predicted octanol–water partition coefficient (Wildman–Crippen LogP) is 4.17. The van der Waals surface area contributed by atoms with Gasteiger partial charge in [-0.3, -0.25) is 4.90 Å². The average Bonchev–Trinajstić information content (AvgIpc) is 2.79. The third kappa shape index (κ3) is 3.40. The van der Waals surface area contributed by atoms with E-state index in [-0.39, 0.29) is 11.6 Å². The Hall–Kier alpha value is -3.79. The molecule has 2 aliphatic rings. The molecular weight excluding hydrogens is 389 g/mol. The summed E-state index contributed by atoms with van der Waals surface area (Å²) in [6, 6.07) is 22.3. The van der Waals surface area contributed by atoms with Crippen molar-refractivity contribution in [2.24, 2.45) is 17.3 Å². The molecular formula is C25H20FN5. The summed E-state index contributed by atoms with van der Waals surface area (Å²) in [6.07, 6.45) is 1.86. The molecule has 0 saturated heterocycles. The van der Waals surface area contributed by atoms with Crippen molar-refractivity contribution in [2.45, 2.75) is 12.5 Å². The fourth-order valence-electron chi connectivity index (χ4n) is 4.90. The fourth-order valence-corrected chi connectivity index (χ4v) is 4.90. The van der Waals surface area contributed by atoms with E-state index < -0.39 is 23.1 Å². The lowest BCUT2D eigenvalue weighted by atomic mass is 9.55. The van der Waals surface area contributed by atoms with Gasteiger partial charge in [0.2, 0.25) is 5.41 Å². The number of fused-ring (bicyclic) bond motifs is 1. The Kier molecular flexibility index (Phi) is 5.38. The van der Waals surface area contributed by atoms with Crippen molar-refractivity contribution in [3.8, 4) is 18.2 Å². The van der Waals surface area contributed by atoms with E-state index >= 15 is 0 Å². The summed E-state index contributed by atoms with van der Waals surface area (Å²) < 4.78 is 14.1. The smallest absolute Gasteiger partial charge is 0.203 e. The molecule has 1 heterocycles. The van der Waals surface area contributed by atoms with Crippen molar-refractivity contribution in [1.82, 2.24) is 4.90 Å². The second kappa shape index (κ2) is 8.15. The Morgan fingerprint density at radius 1 is 1.06 bits per heavy atom. The molecule has 4 rings (SSSR count). The van der Waals surface area contributed by atoms with Crippen molar-refractivity contribution >= 4 is 5.71 Å². The minimum atomic E-state index is -1.76. The van der Waals surface area contributed by atoms with Crippen LogP contribution in [0.1, 0.15) is 17.0 Å². The summed E-state index contributed by atoms with van der Waals surface area (Å²) >= 11 is 0. The van der Waals surface area contributed by atoms with Gasteiger partial charge in [0.05, 0.1) is 29.8 Å². The first kappa shape index (κ1) is 20.5. The van der Waals surface area contributed by atoms with Gasteiger partial charge in [-0.05, 0) is 28.8 Å². The second-order valence-electron chi connectivity index (χ2n) is 8.02. The van der Waals surface area contributed by atoms with E-state index in [0.717, 1.165) is 5.56 Å². The number of halogens is 1. The van der Waals surface area contributed by atoms with Crippen LogP contribution in [0.2, 0.25) is 0 Å². The molecule has 3 unspecified atom stereocenters. The van der Waals surface area contributed by atoms with Crippen molar-refractivity contribution in [1.29, 1.82) is 21.2 Å². The molecule has 1 aliphatic carbocycles. The molecule has 3 atom stereocenters. The van der Waals surface area contributed by atoms with Crippen LogP contribution in [-0.4, -0.2) is 23.7 Å². The second-order valence-corrected chi connectivity index (χ2v) is 8.02. The lowest BCUT2D eigenvalue weighted by Crippen LogP contribution is -2.52. The highest BCUT2D eigenvalue weighted by molar-refractivity contribution is 6.01. The van der Waals surface area contributed by atoms with Gasteiger partial charge in [-0.1, -0.05) is 48.5 Å². The first-order valence-corrected chi connectivity index (χ1v) is 10.1. The number of hydrogen-bond acceptors (Lipinski definition) is 5. The molecule has 1 aliphatic heterocycles. The highest BCUT2D eigenvalue weighted by Crippen LogP contribution is 2.52. The minimum absolute atomic E-state index is 0.215. The Balaban J connectivity index is 1.81. The van der Waals surface area contributed by atoms with Crippen LogP contribution in [0.15, 0.2) is 66.2 Å². The van der Waals surface area contributed by atoms with Crippen LogP contribution in [-0.2, 0) is 6.54 Å². The number of nitriles is 3. The van der Waals surface area contributed by atoms with E-state index in [0.29, 0.717) is 30.8 Å². The summed E-state index contributed by atoms with van der Waals surface area (Å²) in [5.74, 6) is -2.26. The van der Waals surface area contributed by atoms with Crippen LogP contribution in [0.25, 0.3) is 0 Å². The van der Waals surface area contributed by atoms with Gasteiger partial charge in [-0.2, -0.15) is 15.8 Å². The maximum absolute atomic E-state index is 14.1. The van der Waals surface area contributed by atoms with E-state index in [9.17, 15) is 20.2 Å². The number of nitrogens with one attached hydrogen (secondary N) is 1. The van der Waals surface area contributed by atoms with Gasteiger partial charge in [0.1, 0.15) is 5.82 Å². The third-order valence-corrected chi connectivity index (χ3v) is 6.32. The van der Waals surface area contributed by atoms with Gasteiger partial charge in [0.15, 0.2) is 0 Å². The molecule has 2 aromatic rings. The zero-order valence-corrected chi connectivity index (χ0v) is 16.8. The van der Waals surface area contributed by atoms with Crippen molar-refractivity contribution < 1.29 is 4.39 Å². The van der Waals surface area contributed by atoms with E-state index in [1.165, 1.54) is 12.1 Å². The highest BCUT2D eigenvalue weighted by Gasteiger charge is 2.56. The molecule has 5 nitrogen and oxygen atoms in total. The lowest BCUT2D eigenvalue weighted by molar-refractivity contribution is 0.203. The Bertz CT molecular complexity index is 1150. The molecule has 0 spiro atoms. The fraction of sp³-hybridized carbons (Fsp3) is 0.280. The van der Waals surface area contributed by atoms with Crippen LogP contribution in [0, 0.1) is 62.5 Å². The van der Waals surface area contributed by atoms with Crippen LogP contribution in [0.5, 0.6) is 0 Å². The molecule has 6 heteroatoms. The lowest BCUT2D eigenvalue weighted by Gasteiger charge is -2.47. The normalized spacial score (nSPS) is 24.8. The molecule has 0 bridgehead atoms. The average molecular weight is 409 g/mol. The third-order valence-electron chi connectivity index (χ3n) is 6.32.